The predicted octanol–water partition coefficient (Wildman–Crippen LogP) is 3.70. The van der Waals surface area contributed by atoms with E-state index >= 15 is 0 Å². The minimum Gasteiger partial charge on any atom is -0.497 e. The van der Waals surface area contributed by atoms with Gasteiger partial charge in [0.2, 0.25) is 10.0 Å². The van der Waals surface area contributed by atoms with Crippen molar-refractivity contribution >= 4 is 44.8 Å². The van der Waals surface area contributed by atoms with Gasteiger partial charge in [-0.2, -0.15) is 0 Å². The summed E-state index contributed by atoms with van der Waals surface area (Å²) in [4.78, 5) is 12.5. The van der Waals surface area contributed by atoms with Gasteiger partial charge in [-0.15, -0.1) is 0 Å². The van der Waals surface area contributed by atoms with E-state index < -0.39 is 15.9 Å². The highest BCUT2D eigenvalue weighted by molar-refractivity contribution is 7.89. The second-order valence-corrected chi connectivity index (χ2v) is 8.68. The van der Waals surface area contributed by atoms with E-state index in [4.69, 9.17) is 32.7 Å². The Balaban J connectivity index is 1.92. The van der Waals surface area contributed by atoms with Gasteiger partial charge in [0.25, 0.3) is 5.91 Å². The summed E-state index contributed by atoms with van der Waals surface area (Å²) < 4.78 is 37.9. The Kier molecular flexibility index (Phi) is 6.04. The van der Waals surface area contributed by atoms with E-state index in [1.165, 1.54) is 26.4 Å². The van der Waals surface area contributed by atoms with E-state index in [1.54, 1.807) is 18.2 Å². The van der Waals surface area contributed by atoms with Crippen LogP contribution in [0.15, 0.2) is 35.2 Å². The fourth-order valence-corrected chi connectivity index (χ4v) is 4.65. The molecule has 7 nitrogen and oxygen atoms in total. The van der Waals surface area contributed by atoms with Crippen molar-refractivity contribution in [2.75, 3.05) is 19.5 Å². The highest BCUT2D eigenvalue weighted by Gasteiger charge is 2.30. The van der Waals surface area contributed by atoms with E-state index in [0.29, 0.717) is 17.2 Å². The number of halogens is 2. The van der Waals surface area contributed by atoms with Crippen LogP contribution in [-0.2, 0) is 10.0 Å². The molecule has 1 aliphatic rings. The van der Waals surface area contributed by atoms with E-state index in [9.17, 15) is 13.2 Å². The number of ether oxygens (including phenoxy) is 2. The molecule has 1 saturated carbocycles. The van der Waals surface area contributed by atoms with Crippen molar-refractivity contribution in [3.63, 3.8) is 0 Å². The summed E-state index contributed by atoms with van der Waals surface area (Å²) in [5.41, 5.74) is 0.347. The van der Waals surface area contributed by atoms with Crippen LogP contribution in [0.4, 0.5) is 5.69 Å². The molecule has 0 heterocycles. The van der Waals surface area contributed by atoms with E-state index in [1.807, 2.05) is 0 Å². The number of rotatable bonds is 7. The third-order valence-corrected chi connectivity index (χ3v) is 6.41. The summed E-state index contributed by atoms with van der Waals surface area (Å²) in [5.74, 6) is 0.327. The Morgan fingerprint density at radius 2 is 1.79 bits per heavy atom. The molecule has 1 fully saturated rings. The molecular weight excluding hydrogens is 427 g/mol. The topological polar surface area (TPSA) is 93.7 Å². The Hall–Kier alpha value is -2.00. The lowest BCUT2D eigenvalue weighted by molar-refractivity contribution is 0.102. The second kappa shape index (κ2) is 8.16. The molecule has 3 rings (SSSR count). The van der Waals surface area contributed by atoms with Gasteiger partial charge in [-0.05, 0) is 37.1 Å². The van der Waals surface area contributed by atoms with Gasteiger partial charge in [0.05, 0.1) is 35.5 Å². The van der Waals surface area contributed by atoms with Crippen molar-refractivity contribution in [3.8, 4) is 11.5 Å². The summed E-state index contributed by atoms with van der Waals surface area (Å²) in [6.45, 7) is 0. The average Bonchev–Trinajstić information content (AvgIpc) is 3.44. The maximum Gasteiger partial charge on any atom is 0.257 e. The predicted molar refractivity (Wildman–Crippen MR) is 107 cm³/mol. The lowest BCUT2D eigenvalue weighted by Gasteiger charge is -2.14. The summed E-state index contributed by atoms with van der Waals surface area (Å²) in [6, 6.07) is 7.17. The lowest BCUT2D eigenvalue weighted by atomic mass is 10.2. The fraction of sp³-hybridized carbons (Fsp3) is 0.278. The molecule has 2 N–H and O–H groups in total. The van der Waals surface area contributed by atoms with Crippen LogP contribution in [0.25, 0.3) is 0 Å². The van der Waals surface area contributed by atoms with Crippen LogP contribution in [0.2, 0.25) is 10.0 Å². The van der Waals surface area contributed by atoms with Gasteiger partial charge in [0.1, 0.15) is 16.4 Å². The monoisotopic (exact) mass is 444 g/mol. The largest absolute Gasteiger partial charge is 0.497 e. The molecule has 0 radical (unpaired) electrons. The molecule has 0 bridgehead atoms. The van der Waals surface area contributed by atoms with Crippen LogP contribution in [0.3, 0.4) is 0 Å². The summed E-state index contributed by atoms with van der Waals surface area (Å²) in [7, 11) is -0.893. The van der Waals surface area contributed by atoms with Gasteiger partial charge in [-0.3, -0.25) is 4.79 Å². The number of methoxy groups -OCH3 is 2. The Labute approximate surface area is 173 Å². The van der Waals surface area contributed by atoms with E-state index in [0.717, 1.165) is 12.8 Å². The number of anilines is 1. The number of carbonyl (C=O) groups excluding carboxylic acids is 1. The maximum absolute atomic E-state index is 12.7. The molecule has 10 heteroatoms. The molecule has 1 aliphatic carbocycles. The summed E-state index contributed by atoms with van der Waals surface area (Å²) in [5, 5.41) is 2.63. The zero-order valence-electron chi connectivity index (χ0n) is 15.1. The second-order valence-electron chi connectivity index (χ2n) is 6.18. The first-order valence-corrected chi connectivity index (χ1v) is 10.5. The number of hydrogen-bond donors (Lipinski definition) is 2. The molecule has 28 heavy (non-hydrogen) atoms. The average molecular weight is 445 g/mol. The number of carbonyl (C=O) groups is 1. The number of amides is 1. The van der Waals surface area contributed by atoms with E-state index in [-0.39, 0.29) is 26.5 Å². The minimum atomic E-state index is -3.86. The van der Waals surface area contributed by atoms with Crippen molar-refractivity contribution in [1.82, 2.24) is 4.72 Å². The molecule has 0 atom stereocenters. The molecule has 2 aromatic rings. The van der Waals surface area contributed by atoms with Gasteiger partial charge in [-0.25, -0.2) is 13.1 Å². The maximum atomic E-state index is 12.7. The zero-order chi connectivity index (χ0) is 20.5. The normalized spacial score (nSPS) is 13.9. The van der Waals surface area contributed by atoms with Crippen molar-refractivity contribution in [3.05, 3.63) is 45.9 Å². The Morgan fingerprint density at radius 1 is 1.07 bits per heavy atom. The first kappa shape index (κ1) is 20.7. The first-order valence-electron chi connectivity index (χ1n) is 8.30. The van der Waals surface area contributed by atoms with Crippen molar-refractivity contribution in [2.45, 2.75) is 23.8 Å². The number of nitrogens with one attached hydrogen (secondary N) is 2. The lowest BCUT2D eigenvalue weighted by Crippen LogP contribution is -2.26. The van der Waals surface area contributed by atoms with Gasteiger partial charge >= 0.3 is 0 Å². The van der Waals surface area contributed by atoms with Gasteiger partial charge in [0, 0.05) is 12.1 Å². The van der Waals surface area contributed by atoms with E-state index in [2.05, 4.69) is 10.0 Å². The molecule has 150 valence electrons. The Morgan fingerprint density at radius 3 is 2.39 bits per heavy atom. The quantitative estimate of drug-likeness (QED) is 0.678. The molecule has 0 aliphatic heterocycles. The van der Waals surface area contributed by atoms with Crippen LogP contribution in [0.5, 0.6) is 11.5 Å². The van der Waals surface area contributed by atoms with Crippen molar-refractivity contribution in [2.24, 2.45) is 0 Å². The standard InChI is InChI=1S/C18H18Cl2N2O5S/c1-26-11-5-6-15(16(7-11)27-2)21-18(23)12-8-17(14(20)9-13(12)19)28(24,25)22-10-3-4-10/h5-10,22H,3-4H2,1-2H3,(H,21,23). The van der Waals surface area contributed by atoms with Crippen LogP contribution in [0.1, 0.15) is 23.2 Å². The number of benzene rings is 2. The summed E-state index contributed by atoms with van der Waals surface area (Å²) >= 11 is 12.2. The molecular formula is C18H18Cl2N2O5S. The molecule has 0 saturated heterocycles. The molecule has 1 amide bonds. The van der Waals surface area contributed by atoms with Crippen LogP contribution < -0.4 is 19.5 Å². The number of sulfonamides is 1. The first-order chi connectivity index (χ1) is 13.2. The van der Waals surface area contributed by atoms with Gasteiger partial charge in [-0.1, -0.05) is 23.2 Å². The van der Waals surface area contributed by atoms with Crippen molar-refractivity contribution < 1.29 is 22.7 Å². The Bertz CT molecular complexity index is 1020. The molecule has 2 aromatic carbocycles. The third-order valence-electron chi connectivity index (χ3n) is 4.11. The van der Waals surface area contributed by atoms with Crippen molar-refractivity contribution in [1.29, 1.82) is 0 Å². The molecule has 0 unspecified atom stereocenters. The highest BCUT2D eigenvalue weighted by Crippen LogP contribution is 2.33. The van der Waals surface area contributed by atoms with Crippen LogP contribution in [-0.4, -0.2) is 34.6 Å². The van der Waals surface area contributed by atoms with Gasteiger partial charge < -0.3 is 14.8 Å². The highest BCUT2D eigenvalue weighted by atomic mass is 35.5. The summed E-state index contributed by atoms with van der Waals surface area (Å²) in [6.07, 6.45) is 1.55. The third kappa shape index (κ3) is 4.52. The SMILES string of the molecule is COc1ccc(NC(=O)c2cc(S(=O)(=O)NC3CC3)c(Cl)cc2Cl)c(OC)c1. The van der Waals surface area contributed by atoms with Crippen LogP contribution in [0, 0.1) is 0 Å². The van der Waals surface area contributed by atoms with Crippen LogP contribution >= 0.6 is 23.2 Å². The smallest absolute Gasteiger partial charge is 0.257 e. The molecule has 0 spiro atoms. The fourth-order valence-electron chi connectivity index (χ4n) is 2.48. The zero-order valence-corrected chi connectivity index (χ0v) is 17.4. The number of hydrogen-bond acceptors (Lipinski definition) is 5. The molecule has 0 aromatic heterocycles. The van der Waals surface area contributed by atoms with Gasteiger partial charge in [0.15, 0.2) is 0 Å². The minimum absolute atomic E-state index is 0.0277.